The molecule has 1 N–H and O–H groups in total. The molecule has 0 unspecified atom stereocenters. The molecular weight excluding hydrogens is 308 g/mol. The van der Waals surface area contributed by atoms with Crippen LogP contribution in [0.4, 0.5) is 11.4 Å². The van der Waals surface area contributed by atoms with Crippen LogP contribution in [0, 0.1) is 6.92 Å². The second-order valence-electron chi connectivity index (χ2n) is 5.58. The number of methoxy groups -OCH3 is 1. The molecule has 0 fully saturated rings. The molecule has 0 spiro atoms. The molecule has 0 aromatic heterocycles. The predicted molar refractivity (Wildman–Crippen MR) is 90.7 cm³/mol. The van der Waals surface area contributed by atoms with Gasteiger partial charge in [-0.15, -0.1) is 0 Å². The molecule has 6 heteroatoms. The Morgan fingerprint density at radius 3 is 2.92 bits per heavy atom. The van der Waals surface area contributed by atoms with Crippen molar-refractivity contribution in [3.8, 4) is 11.5 Å². The molecule has 2 aromatic rings. The third kappa shape index (κ3) is 3.48. The summed E-state index contributed by atoms with van der Waals surface area (Å²) in [4.78, 5) is 25.8. The number of esters is 1. The lowest BCUT2D eigenvalue weighted by atomic mass is 10.1. The van der Waals surface area contributed by atoms with E-state index in [2.05, 4.69) is 5.32 Å². The first-order valence-electron chi connectivity index (χ1n) is 7.55. The minimum Gasteiger partial charge on any atom is -0.497 e. The van der Waals surface area contributed by atoms with Crippen LogP contribution in [-0.2, 0) is 9.59 Å². The Hall–Kier alpha value is -3.02. The number of amides is 1. The molecule has 0 bridgehead atoms. The van der Waals surface area contributed by atoms with Gasteiger partial charge in [0.2, 0.25) is 5.91 Å². The number of nitrogens with zero attached hydrogens (tertiary/aromatic N) is 1. The predicted octanol–water partition coefficient (Wildman–Crippen LogP) is 2.37. The van der Waals surface area contributed by atoms with Crippen LogP contribution in [0.3, 0.4) is 0 Å². The number of anilines is 2. The molecule has 0 radical (unpaired) electrons. The molecule has 0 aliphatic carbocycles. The number of carbonyl (C=O) groups excluding carboxylic acids is 2. The Kier molecular flexibility index (Phi) is 4.37. The van der Waals surface area contributed by atoms with Crippen molar-refractivity contribution in [2.24, 2.45) is 0 Å². The Morgan fingerprint density at radius 2 is 2.12 bits per heavy atom. The maximum atomic E-state index is 12.3. The molecule has 0 atom stereocenters. The van der Waals surface area contributed by atoms with Gasteiger partial charge in [-0.3, -0.25) is 4.79 Å². The molecule has 1 aliphatic rings. The van der Waals surface area contributed by atoms with Crippen molar-refractivity contribution in [3.63, 3.8) is 0 Å². The van der Waals surface area contributed by atoms with Gasteiger partial charge < -0.3 is 19.7 Å². The topological polar surface area (TPSA) is 67.9 Å². The van der Waals surface area contributed by atoms with E-state index >= 15 is 0 Å². The van der Waals surface area contributed by atoms with Crippen LogP contribution in [0.15, 0.2) is 42.5 Å². The van der Waals surface area contributed by atoms with E-state index in [-0.39, 0.29) is 25.0 Å². The number of rotatable bonds is 4. The highest BCUT2D eigenvalue weighted by atomic mass is 16.5. The lowest BCUT2D eigenvalue weighted by Gasteiger charge is -2.29. The van der Waals surface area contributed by atoms with Crippen LogP contribution >= 0.6 is 0 Å². The molecule has 0 saturated heterocycles. The molecule has 0 saturated carbocycles. The quantitative estimate of drug-likeness (QED) is 0.690. The summed E-state index contributed by atoms with van der Waals surface area (Å²) >= 11 is 0. The van der Waals surface area contributed by atoms with Gasteiger partial charge in [-0.1, -0.05) is 12.1 Å². The van der Waals surface area contributed by atoms with Crippen LogP contribution in [0.25, 0.3) is 0 Å². The van der Waals surface area contributed by atoms with Gasteiger partial charge >= 0.3 is 5.97 Å². The first-order chi connectivity index (χ1) is 11.5. The van der Waals surface area contributed by atoms with Crippen molar-refractivity contribution in [2.75, 3.05) is 30.4 Å². The Morgan fingerprint density at radius 1 is 1.29 bits per heavy atom. The summed E-state index contributed by atoms with van der Waals surface area (Å²) in [6.07, 6.45) is 0. The zero-order chi connectivity index (χ0) is 17.1. The summed E-state index contributed by atoms with van der Waals surface area (Å²) in [5.41, 5.74) is 2.37. The van der Waals surface area contributed by atoms with Gasteiger partial charge in [-0.2, -0.15) is 0 Å². The van der Waals surface area contributed by atoms with E-state index in [4.69, 9.17) is 9.47 Å². The number of ether oxygens (including phenoxy) is 2. The van der Waals surface area contributed by atoms with Crippen LogP contribution in [0.1, 0.15) is 5.56 Å². The van der Waals surface area contributed by atoms with Gasteiger partial charge in [0.05, 0.1) is 19.3 Å². The normalized spacial score (nSPS) is 13.1. The van der Waals surface area contributed by atoms with Gasteiger partial charge in [-0.05, 0) is 36.8 Å². The van der Waals surface area contributed by atoms with Crippen molar-refractivity contribution in [1.82, 2.24) is 0 Å². The van der Waals surface area contributed by atoms with Crippen LogP contribution in [0.2, 0.25) is 0 Å². The monoisotopic (exact) mass is 326 g/mol. The minimum atomic E-state index is -0.373. The first-order valence-corrected chi connectivity index (χ1v) is 7.55. The summed E-state index contributed by atoms with van der Waals surface area (Å²) < 4.78 is 10.4. The standard InChI is InChI=1S/C18H18N2O4/c1-12-6-7-15-16(8-12)24-18(22)11-20(15)10-17(21)19-13-4-3-5-14(9-13)23-2/h3-9H,10-11H2,1-2H3,(H,19,21). The Balaban J connectivity index is 1.73. The first kappa shape index (κ1) is 15.9. The van der Waals surface area contributed by atoms with Gasteiger partial charge in [0.15, 0.2) is 5.75 Å². The largest absolute Gasteiger partial charge is 0.497 e. The zero-order valence-corrected chi connectivity index (χ0v) is 13.5. The van der Waals surface area contributed by atoms with E-state index in [1.807, 2.05) is 19.1 Å². The summed E-state index contributed by atoms with van der Waals surface area (Å²) in [5, 5.41) is 2.81. The minimum absolute atomic E-state index is 0.0432. The zero-order valence-electron chi connectivity index (χ0n) is 13.5. The average Bonchev–Trinajstić information content (AvgIpc) is 2.54. The van der Waals surface area contributed by atoms with E-state index in [0.29, 0.717) is 17.2 Å². The van der Waals surface area contributed by atoms with Crippen molar-refractivity contribution in [1.29, 1.82) is 0 Å². The molecule has 1 heterocycles. The summed E-state index contributed by atoms with van der Waals surface area (Å²) in [7, 11) is 1.57. The van der Waals surface area contributed by atoms with Crippen molar-refractivity contribution in [2.45, 2.75) is 6.92 Å². The Bertz CT molecular complexity index is 788. The van der Waals surface area contributed by atoms with Crippen LogP contribution in [0.5, 0.6) is 11.5 Å². The molecular formula is C18H18N2O4. The molecule has 1 aliphatic heterocycles. The highest BCUT2D eigenvalue weighted by Crippen LogP contribution is 2.32. The lowest BCUT2D eigenvalue weighted by molar-refractivity contribution is -0.133. The van der Waals surface area contributed by atoms with Crippen LogP contribution < -0.4 is 19.7 Å². The second kappa shape index (κ2) is 6.62. The molecule has 3 rings (SSSR count). The number of aryl methyl sites for hydroxylation is 1. The average molecular weight is 326 g/mol. The van der Waals surface area contributed by atoms with Crippen molar-refractivity contribution < 1.29 is 19.1 Å². The summed E-state index contributed by atoms with van der Waals surface area (Å²) in [6, 6.07) is 12.7. The smallest absolute Gasteiger partial charge is 0.331 e. The third-order valence-electron chi connectivity index (χ3n) is 3.69. The summed E-state index contributed by atoms with van der Waals surface area (Å²) in [5.74, 6) is 0.558. The van der Waals surface area contributed by atoms with Gasteiger partial charge in [0, 0.05) is 11.8 Å². The Labute approximate surface area is 140 Å². The second-order valence-corrected chi connectivity index (χ2v) is 5.58. The number of hydrogen-bond donors (Lipinski definition) is 1. The number of fused-ring (bicyclic) bond motifs is 1. The fourth-order valence-electron chi connectivity index (χ4n) is 2.58. The van der Waals surface area contributed by atoms with E-state index in [9.17, 15) is 9.59 Å². The SMILES string of the molecule is COc1cccc(NC(=O)CN2CC(=O)Oc3cc(C)ccc32)c1. The number of nitrogens with one attached hydrogen (secondary N) is 1. The van der Waals surface area contributed by atoms with E-state index < -0.39 is 0 Å². The molecule has 24 heavy (non-hydrogen) atoms. The molecule has 6 nitrogen and oxygen atoms in total. The highest BCUT2D eigenvalue weighted by molar-refractivity contribution is 5.96. The third-order valence-corrected chi connectivity index (χ3v) is 3.69. The fraction of sp³-hybridized carbons (Fsp3) is 0.222. The number of benzene rings is 2. The lowest BCUT2D eigenvalue weighted by Crippen LogP contribution is -2.41. The molecule has 124 valence electrons. The summed E-state index contributed by atoms with van der Waals surface area (Å²) in [6.45, 7) is 2.02. The molecule has 1 amide bonds. The van der Waals surface area contributed by atoms with Gasteiger partial charge in [-0.25, -0.2) is 4.79 Å². The van der Waals surface area contributed by atoms with Gasteiger partial charge in [0.1, 0.15) is 12.3 Å². The maximum absolute atomic E-state index is 12.3. The van der Waals surface area contributed by atoms with Crippen molar-refractivity contribution in [3.05, 3.63) is 48.0 Å². The van der Waals surface area contributed by atoms with E-state index in [1.54, 1.807) is 42.3 Å². The van der Waals surface area contributed by atoms with Crippen LogP contribution in [-0.4, -0.2) is 32.1 Å². The van der Waals surface area contributed by atoms with E-state index in [1.165, 1.54) is 0 Å². The fourth-order valence-corrected chi connectivity index (χ4v) is 2.58. The number of carbonyl (C=O) groups is 2. The highest BCUT2D eigenvalue weighted by Gasteiger charge is 2.25. The van der Waals surface area contributed by atoms with Gasteiger partial charge in [0.25, 0.3) is 0 Å². The number of hydrogen-bond acceptors (Lipinski definition) is 5. The maximum Gasteiger partial charge on any atom is 0.331 e. The van der Waals surface area contributed by atoms with E-state index in [0.717, 1.165) is 11.3 Å². The molecule has 2 aromatic carbocycles. The van der Waals surface area contributed by atoms with Crippen molar-refractivity contribution >= 4 is 23.3 Å².